The summed E-state index contributed by atoms with van der Waals surface area (Å²) in [5.74, 6) is 0. The molecule has 0 aliphatic heterocycles. The number of para-hydroxylation sites is 3. The van der Waals surface area contributed by atoms with Crippen LogP contribution in [-0.4, -0.2) is 0 Å². The van der Waals surface area contributed by atoms with Gasteiger partial charge in [-0.3, -0.25) is 0 Å². The van der Waals surface area contributed by atoms with Gasteiger partial charge in [0.05, 0.1) is 0 Å². The zero-order valence-electron chi connectivity index (χ0n) is 26.5. The Bertz CT molecular complexity index is 2220. The summed E-state index contributed by atoms with van der Waals surface area (Å²) in [4.78, 5) is 4.71. The normalized spacial score (nSPS) is 10.9. The molecule has 0 spiro atoms. The van der Waals surface area contributed by atoms with Gasteiger partial charge in [-0.1, -0.05) is 140 Å². The molecule has 0 N–H and O–H groups in total. The second-order valence-corrected chi connectivity index (χ2v) is 11.9. The number of benzene rings is 8. The summed E-state index contributed by atoms with van der Waals surface area (Å²) in [5.41, 5.74) is 11.3. The maximum Gasteiger partial charge on any atom is 0.0488 e. The van der Waals surface area contributed by atoms with E-state index >= 15 is 0 Å². The molecule has 8 aromatic rings. The van der Waals surface area contributed by atoms with Crippen molar-refractivity contribution in [1.82, 2.24) is 0 Å². The van der Waals surface area contributed by atoms with Gasteiger partial charge in [0.15, 0.2) is 0 Å². The Morgan fingerprint density at radius 1 is 0.250 bits per heavy atom. The summed E-state index contributed by atoms with van der Waals surface area (Å²) in [6.07, 6.45) is 0. The fourth-order valence-electron chi connectivity index (χ4n) is 6.55. The number of hydrogen-bond acceptors (Lipinski definition) is 2. The van der Waals surface area contributed by atoms with Crippen molar-refractivity contribution in [2.24, 2.45) is 0 Å². The molecule has 2 nitrogen and oxygen atoms in total. The van der Waals surface area contributed by atoms with Gasteiger partial charge in [0, 0.05) is 34.1 Å². The lowest BCUT2D eigenvalue weighted by Crippen LogP contribution is -2.13. The summed E-state index contributed by atoms with van der Waals surface area (Å²) in [5, 5.41) is 2.45. The minimum Gasteiger partial charge on any atom is -0.310 e. The van der Waals surface area contributed by atoms with Crippen LogP contribution in [0.4, 0.5) is 34.1 Å². The second-order valence-electron chi connectivity index (χ2n) is 11.9. The van der Waals surface area contributed by atoms with E-state index in [0.29, 0.717) is 0 Å². The molecule has 0 amide bonds. The fourth-order valence-corrected chi connectivity index (χ4v) is 6.55. The van der Waals surface area contributed by atoms with E-state index in [2.05, 4.69) is 216 Å². The van der Waals surface area contributed by atoms with Gasteiger partial charge < -0.3 is 9.80 Å². The van der Waals surface area contributed by atoms with Crippen molar-refractivity contribution in [2.45, 2.75) is 0 Å². The molecule has 0 aliphatic rings. The van der Waals surface area contributed by atoms with Crippen LogP contribution in [0.2, 0.25) is 0 Å². The summed E-state index contributed by atoms with van der Waals surface area (Å²) < 4.78 is 0. The van der Waals surface area contributed by atoms with E-state index in [1.165, 1.54) is 27.5 Å². The number of hydrogen-bond donors (Lipinski definition) is 0. The Morgan fingerprint density at radius 2 is 0.667 bits per heavy atom. The molecular weight excluding hydrogens is 581 g/mol. The molecule has 0 bridgehead atoms. The lowest BCUT2D eigenvalue weighted by Gasteiger charge is -2.30. The maximum atomic E-state index is 2.36. The van der Waals surface area contributed by atoms with Gasteiger partial charge in [0.2, 0.25) is 0 Å². The lowest BCUT2D eigenvalue weighted by molar-refractivity contribution is 1.25. The predicted octanol–water partition coefficient (Wildman–Crippen LogP) is 13.1. The zero-order valence-corrected chi connectivity index (χ0v) is 26.5. The van der Waals surface area contributed by atoms with Crippen LogP contribution in [0.5, 0.6) is 0 Å². The van der Waals surface area contributed by atoms with Crippen LogP contribution >= 0.6 is 0 Å². The van der Waals surface area contributed by atoms with Crippen molar-refractivity contribution >= 4 is 44.9 Å². The summed E-state index contributed by atoms with van der Waals surface area (Å²) in [6.45, 7) is 0. The van der Waals surface area contributed by atoms with E-state index < -0.39 is 0 Å². The lowest BCUT2D eigenvalue weighted by atomic mass is 9.96. The molecule has 0 heterocycles. The zero-order chi connectivity index (χ0) is 32.1. The SMILES string of the molecule is c1ccc(-c2ccc(N(c3ccccc3)c3cc(-c4cccc5ccccc45)cc(N(c4ccccc4)c4ccccc4)c3)cc2)cc1. The number of fused-ring (bicyclic) bond motifs is 1. The number of nitrogens with zero attached hydrogens (tertiary/aromatic N) is 2. The molecule has 8 aromatic carbocycles. The molecule has 0 fully saturated rings. The Balaban J connectivity index is 1.37. The van der Waals surface area contributed by atoms with Crippen LogP contribution < -0.4 is 9.80 Å². The average Bonchev–Trinajstić information content (AvgIpc) is 3.17. The Morgan fingerprint density at radius 3 is 1.21 bits per heavy atom. The van der Waals surface area contributed by atoms with E-state index in [4.69, 9.17) is 0 Å². The molecule has 2 heteroatoms. The highest BCUT2D eigenvalue weighted by atomic mass is 15.2. The molecule has 8 rings (SSSR count). The van der Waals surface area contributed by atoms with Crippen LogP contribution in [0.1, 0.15) is 0 Å². The number of anilines is 6. The van der Waals surface area contributed by atoms with Gasteiger partial charge in [-0.25, -0.2) is 0 Å². The monoisotopic (exact) mass is 614 g/mol. The van der Waals surface area contributed by atoms with E-state index in [9.17, 15) is 0 Å². The van der Waals surface area contributed by atoms with Gasteiger partial charge in [0.25, 0.3) is 0 Å². The van der Waals surface area contributed by atoms with E-state index in [-0.39, 0.29) is 0 Å². The molecule has 48 heavy (non-hydrogen) atoms. The molecule has 0 aliphatic carbocycles. The van der Waals surface area contributed by atoms with E-state index in [0.717, 1.165) is 39.7 Å². The van der Waals surface area contributed by atoms with Crippen LogP contribution in [0, 0.1) is 0 Å². The molecule has 0 atom stereocenters. The summed E-state index contributed by atoms with van der Waals surface area (Å²) >= 11 is 0. The smallest absolute Gasteiger partial charge is 0.0488 e. The first-order chi connectivity index (χ1) is 23.8. The highest BCUT2D eigenvalue weighted by Crippen LogP contribution is 2.44. The van der Waals surface area contributed by atoms with Gasteiger partial charge in [0.1, 0.15) is 0 Å². The topological polar surface area (TPSA) is 6.48 Å². The molecule has 0 radical (unpaired) electrons. The van der Waals surface area contributed by atoms with Gasteiger partial charge in [-0.2, -0.15) is 0 Å². The van der Waals surface area contributed by atoms with Gasteiger partial charge in [-0.15, -0.1) is 0 Å². The minimum absolute atomic E-state index is 1.07. The first-order valence-electron chi connectivity index (χ1n) is 16.4. The van der Waals surface area contributed by atoms with Gasteiger partial charge in [-0.05, 0) is 99.8 Å². The van der Waals surface area contributed by atoms with Crippen molar-refractivity contribution in [3.05, 3.63) is 206 Å². The summed E-state index contributed by atoms with van der Waals surface area (Å²) in [7, 11) is 0. The van der Waals surface area contributed by atoms with E-state index in [1.807, 2.05) is 0 Å². The average molecular weight is 615 g/mol. The van der Waals surface area contributed by atoms with Crippen LogP contribution in [0.25, 0.3) is 33.0 Å². The largest absolute Gasteiger partial charge is 0.310 e. The fraction of sp³-hybridized carbons (Fsp3) is 0. The third-order valence-electron chi connectivity index (χ3n) is 8.80. The van der Waals surface area contributed by atoms with Crippen molar-refractivity contribution in [2.75, 3.05) is 9.80 Å². The minimum atomic E-state index is 1.07. The first-order valence-corrected chi connectivity index (χ1v) is 16.4. The third kappa shape index (κ3) is 5.84. The van der Waals surface area contributed by atoms with Crippen LogP contribution in [0.15, 0.2) is 206 Å². The summed E-state index contributed by atoms with van der Waals surface area (Å²) in [6, 6.07) is 73.6. The molecule has 0 saturated carbocycles. The standard InChI is InChI=1S/C46H34N2/c1-5-16-35(17-6-1)36-28-30-42(31-29-36)48(41-24-11-4-12-25-41)44-33-38(46-27-15-19-37-18-13-14-26-45(37)46)32-43(34-44)47(39-20-7-2-8-21-39)40-22-9-3-10-23-40/h1-34H. The molecule has 0 unspecified atom stereocenters. The predicted molar refractivity (Wildman–Crippen MR) is 204 cm³/mol. The van der Waals surface area contributed by atoms with Crippen molar-refractivity contribution in [3.8, 4) is 22.3 Å². The van der Waals surface area contributed by atoms with Gasteiger partial charge >= 0.3 is 0 Å². The number of rotatable bonds is 8. The first kappa shape index (κ1) is 29.1. The van der Waals surface area contributed by atoms with E-state index in [1.54, 1.807) is 0 Å². The Hall–Kier alpha value is -6.38. The maximum absolute atomic E-state index is 2.36. The van der Waals surface area contributed by atoms with Crippen LogP contribution in [0.3, 0.4) is 0 Å². The Labute approximate surface area is 282 Å². The second kappa shape index (κ2) is 13.2. The molecule has 0 aromatic heterocycles. The van der Waals surface area contributed by atoms with Crippen molar-refractivity contribution < 1.29 is 0 Å². The quantitative estimate of drug-likeness (QED) is 0.168. The highest BCUT2D eigenvalue weighted by molar-refractivity contribution is 5.99. The third-order valence-corrected chi connectivity index (χ3v) is 8.80. The van der Waals surface area contributed by atoms with Crippen molar-refractivity contribution in [1.29, 1.82) is 0 Å². The van der Waals surface area contributed by atoms with Crippen LogP contribution in [-0.2, 0) is 0 Å². The van der Waals surface area contributed by atoms with Crippen molar-refractivity contribution in [3.63, 3.8) is 0 Å². The molecule has 0 saturated heterocycles. The highest BCUT2D eigenvalue weighted by Gasteiger charge is 2.20. The molecular formula is C46H34N2. The Kier molecular flexibility index (Phi) is 7.96. The molecule has 228 valence electrons.